The van der Waals surface area contributed by atoms with E-state index in [0.29, 0.717) is 30.0 Å². The van der Waals surface area contributed by atoms with Crippen LogP contribution in [0.2, 0.25) is 0 Å². The number of aryl methyl sites for hydroxylation is 1. The third kappa shape index (κ3) is 3.37. The van der Waals surface area contributed by atoms with Crippen molar-refractivity contribution in [3.05, 3.63) is 47.2 Å². The Bertz CT molecular complexity index is 811. The maximum atomic E-state index is 13.3. The first-order chi connectivity index (χ1) is 12.4. The molecular formula is C20H23NO5. The molecule has 1 N–H and O–H groups in total. The van der Waals surface area contributed by atoms with Crippen LogP contribution in [0.25, 0.3) is 11.3 Å². The van der Waals surface area contributed by atoms with Crippen molar-refractivity contribution in [2.24, 2.45) is 0 Å². The van der Waals surface area contributed by atoms with Crippen LogP contribution in [0.15, 0.2) is 34.7 Å². The molecule has 0 spiro atoms. The van der Waals surface area contributed by atoms with Crippen LogP contribution in [0.5, 0.6) is 0 Å². The zero-order valence-corrected chi connectivity index (χ0v) is 15.2. The van der Waals surface area contributed by atoms with Gasteiger partial charge in [0.1, 0.15) is 11.5 Å². The summed E-state index contributed by atoms with van der Waals surface area (Å²) in [5.74, 6) is 0.0851. The minimum atomic E-state index is -0.923. The van der Waals surface area contributed by atoms with Gasteiger partial charge in [-0.25, -0.2) is 0 Å². The number of carbonyl (C=O) groups excluding carboxylic acids is 1. The lowest BCUT2D eigenvalue weighted by Crippen LogP contribution is -2.37. The molecule has 0 radical (unpaired) electrons. The van der Waals surface area contributed by atoms with E-state index < -0.39 is 5.97 Å². The van der Waals surface area contributed by atoms with Crippen molar-refractivity contribution >= 4 is 11.9 Å². The predicted molar refractivity (Wildman–Crippen MR) is 96.1 cm³/mol. The molecule has 2 aromatic rings. The van der Waals surface area contributed by atoms with Crippen LogP contribution in [-0.4, -0.2) is 47.7 Å². The first kappa shape index (κ1) is 18.2. The summed E-state index contributed by atoms with van der Waals surface area (Å²) in [5.41, 5.74) is 2.11. The Balaban J connectivity index is 2.00. The Hall–Kier alpha value is -2.60. The van der Waals surface area contributed by atoms with Crippen molar-refractivity contribution in [2.75, 3.05) is 13.7 Å². The number of carboxylic acids is 1. The number of nitrogens with zero attached hydrogens (tertiary/aromatic N) is 1. The Labute approximate surface area is 152 Å². The smallest absolute Gasteiger partial charge is 0.305 e. The molecule has 3 rings (SSSR count). The van der Waals surface area contributed by atoms with E-state index in [2.05, 4.69) is 0 Å². The second-order valence-electron chi connectivity index (χ2n) is 6.66. The summed E-state index contributed by atoms with van der Waals surface area (Å²) in [7, 11) is 1.58. The zero-order chi connectivity index (χ0) is 18.8. The lowest BCUT2D eigenvalue weighted by Gasteiger charge is -2.23. The molecule has 1 aliphatic heterocycles. The molecule has 2 atom stereocenters. The highest BCUT2D eigenvalue weighted by atomic mass is 16.5. The topological polar surface area (TPSA) is 80.0 Å². The number of benzene rings is 1. The number of amides is 1. The van der Waals surface area contributed by atoms with Crippen molar-refractivity contribution in [3.8, 4) is 11.3 Å². The Kier molecular flexibility index (Phi) is 5.13. The average Bonchev–Trinajstić information content (AvgIpc) is 3.16. The van der Waals surface area contributed by atoms with Crippen LogP contribution in [0.1, 0.15) is 34.5 Å². The lowest BCUT2D eigenvalue weighted by atomic mass is 10.0. The molecule has 2 heterocycles. The number of hydrogen-bond acceptors (Lipinski definition) is 4. The number of likely N-dealkylation sites (tertiary alicyclic amines) is 1. The fraction of sp³-hybridized carbons (Fsp3) is 0.400. The van der Waals surface area contributed by atoms with E-state index in [-0.39, 0.29) is 24.5 Å². The zero-order valence-electron chi connectivity index (χ0n) is 15.2. The molecule has 1 aliphatic rings. The highest BCUT2D eigenvalue weighted by molar-refractivity contribution is 6.02. The van der Waals surface area contributed by atoms with Crippen LogP contribution in [0, 0.1) is 13.8 Å². The summed E-state index contributed by atoms with van der Waals surface area (Å²) < 4.78 is 11.3. The van der Waals surface area contributed by atoms with Gasteiger partial charge in [-0.3, -0.25) is 9.59 Å². The molecular weight excluding hydrogens is 334 g/mol. The van der Waals surface area contributed by atoms with Crippen molar-refractivity contribution in [1.82, 2.24) is 4.90 Å². The second-order valence-corrected chi connectivity index (χ2v) is 6.66. The summed E-state index contributed by atoms with van der Waals surface area (Å²) in [6.45, 7) is 4.06. The molecule has 1 amide bonds. The quantitative estimate of drug-likeness (QED) is 0.888. The molecule has 138 valence electrons. The van der Waals surface area contributed by atoms with Crippen molar-refractivity contribution < 1.29 is 23.8 Å². The molecule has 0 aliphatic carbocycles. The van der Waals surface area contributed by atoms with E-state index in [1.807, 2.05) is 44.2 Å². The second kappa shape index (κ2) is 7.33. The monoisotopic (exact) mass is 357 g/mol. The van der Waals surface area contributed by atoms with Gasteiger partial charge in [-0.1, -0.05) is 30.3 Å². The van der Waals surface area contributed by atoms with Crippen molar-refractivity contribution in [3.63, 3.8) is 0 Å². The Morgan fingerprint density at radius 2 is 1.96 bits per heavy atom. The van der Waals surface area contributed by atoms with E-state index in [1.54, 1.807) is 12.0 Å². The minimum Gasteiger partial charge on any atom is -0.481 e. The molecule has 1 aromatic carbocycles. The van der Waals surface area contributed by atoms with Crippen molar-refractivity contribution in [1.29, 1.82) is 0 Å². The van der Waals surface area contributed by atoms with Gasteiger partial charge in [0.2, 0.25) is 0 Å². The highest BCUT2D eigenvalue weighted by Gasteiger charge is 2.39. The Morgan fingerprint density at radius 3 is 2.58 bits per heavy atom. The summed E-state index contributed by atoms with van der Waals surface area (Å²) in [5, 5.41) is 9.20. The number of rotatable bonds is 5. The molecule has 1 fully saturated rings. The van der Waals surface area contributed by atoms with E-state index >= 15 is 0 Å². The maximum absolute atomic E-state index is 13.3. The van der Waals surface area contributed by atoms with Gasteiger partial charge in [0, 0.05) is 30.8 Å². The Morgan fingerprint density at radius 1 is 1.27 bits per heavy atom. The van der Waals surface area contributed by atoms with Gasteiger partial charge in [-0.05, 0) is 20.3 Å². The summed E-state index contributed by atoms with van der Waals surface area (Å²) in [4.78, 5) is 26.2. The number of carbonyl (C=O) groups is 2. The first-order valence-electron chi connectivity index (χ1n) is 8.63. The number of ether oxygens (including phenoxy) is 1. The van der Waals surface area contributed by atoms with E-state index in [9.17, 15) is 14.7 Å². The fourth-order valence-corrected chi connectivity index (χ4v) is 3.51. The van der Waals surface area contributed by atoms with E-state index in [4.69, 9.17) is 9.15 Å². The number of methoxy groups -OCH3 is 1. The SMILES string of the molecule is COC1CC(CC(=O)O)N(C(=O)c2c(-c3ccccc3)oc(C)c2C)C1. The molecule has 1 saturated heterocycles. The molecule has 6 nitrogen and oxygen atoms in total. The van der Waals surface area contributed by atoms with E-state index in [1.165, 1.54) is 0 Å². The first-order valence-corrected chi connectivity index (χ1v) is 8.63. The van der Waals surface area contributed by atoms with Gasteiger partial charge in [0.25, 0.3) is 5.91 Å². The third-order valence-corrected chi connectivity index (χ3v) is 5.02. The van der Waals surface area contributed by atoms with Crippen LogP contribution in [0.3, 0.4) is 0 Å². The average molecular weight is 357 g/mol. The lowest BCUT2D eigenvalue weighted by molar-refractivity contribution is -0.137. The van der Waals surface area contributed by atoms with Gasteiger partial charge in [-0.2, -0.15) is 0 Å². The largest absolute Gasteiger partial charge is 0.481 e. The van der Waals surface area contributed by atoms with Crippen LogP contribution < -0.4 is 0 Å². The van der Waals surface area contributed by atoms with E-state index in [0.717, 1.165) is 11.1 Å². The molecule has 0 bridgehead atoms. The number of carboxylic acid groups (broad SMARTS) is 1. The molecule has 0 saturated carbocycles. The molecule has 2 unspecified atom stereocenters. The van der Waals surface area contributed by atoms with Crippen molar-refractivity contribution in [2.45, 2.75) is 38.8 Å². The standard InChI is InChI=1S/C20H23NO5/c1-12-13(2)26-19(14-7-5-4-6-8-14)18(12)20(24)21-11-16(25-3)9-15(21)10-17(22)23/h4-8,15-16H,9-11H2,1-3H3,(H,22,23). The minimum absolute atomic E-state index is 0.0951. The molecule has 26 heavy (non-hydrogen) atoms. The summed E-state index contributed by atoms with van der Waals surface area (Å²) >= 11 is 0. The predicted octanol–water partition coefficient (Wildman–Crippen LogP) is 3.27. The maximum Gasteiger partial charge on any atom is 0.305 e. The van der Waals surface area contributed by atoms with Gasteiger partial charge < -0.3 is 19.2 Å². The van der Waals surface area contributed by atoms with Crippen LogP contribution >= 0.6 is 0 Å². The molecule has 1 aromatic heterocycles. The van der Waals surface area contributed by atoms with Crippen LogP contribution in [-0.2, 0) is 9.53 Å². The van der Waals surface area contributed by atoms with Gasteiger partial charge in [0.05, 0.1) is 18.1 Å². The fourth-order valence-electron chi connectivity index (χ4n) is 3.51. The normalized spacial score (nSPS) is 19.7. The highest BCUT2D eigenvalue weighted by Crippen LogP contribution is 2.34. The third-order valence-electron chi connectivity index (χ3n) is 5.02. The van der Waals surface area contributed by atoms with Gasteiger partial charge in [-0.15, -0.1) is 0 Å². The van der Waals surface area contributed by atoms with Gasteiger partial charge in [0.15, 0.2) is 0 Å². The number of aliphatic carboxylic acids is 1. The number of hydrogen-bond donors (Lipinski definition) is 1. The molecule has 6 heteroatoms. The number of furan rings is 1. The summed E-state index contributed by atoms with van der Waals surface area (Å²) in [6.07, 6.45) is 0.268. The van der Waals surface area contributed by atoms with Crippen LogP contribution in [0.4, 0.5) is 0 Å². The van der Waals surface area contributed by atoms with Gasteiger partial charge >= 0.3 is 5.97 Å². The summed E-state index contributed by atoms with van der Waals surface area (Å²) in [6, 6.07) is 9.08.